The van der Waals surface area contributed by atoms with Crippen molar-refractivity contribution in [3.63, 3.8) is 0 Å². The number of ether oxygens (including phenoxy) is 3. The van der Waals surface area contributed by atoms with E-state index >= 15 is 0 Å². The number of hydrogen-bond donors (Lipinski definition) is 1. The molecule has 0 aliphatic carbocycles. The van der Waals surface area contributed by atoms with Gasteiger partial charge < -0.3 is 19.5 Å². The zero-order valence-corrected chi connectivity index (χ0v) is 23.3. The van der Waals surface area contributed by atoms with Crippen molar-refractivity contribution < 1.29 is 41.8 Å². The Morgan fingerprint density at radius 2 is 1.56 bits per heavy atom. The lowest BCUT2D eigenvalue weighted by Crippen LogP contribution is -2.42. The molecule has 0 aliphatic heterocycles. The number of hydrogen-bond acceptors (Lipinski definition) is 8. The summed E-state index contributed by atoms with van der Waals surface area (Å²) in [4.78, 5) is 45.9. The van der Waals surface area contributed by atoms with Crippen LogP contribution in [-0.2, 0) is 25.2 Å². The van der Waals surface area contributed by atoms with Crippen LogP contribution in [0.3, 0.4) is 0 Å². The molecular formula is C31H28F3N3O6. The first-order chi connectivity index (χ1) is 20.6. The summed E-state index contributed by atoms with van der Waals surface area (Å²) in [7, 11) is 0. The Morgan fingerprint density at radius 1 is 0.860 bits per heavy atom. The number of amides is 1. The maximum absolute atomic E-state index is 13.3. The van der Waals surface area contributed by atoms with E-state index in [2.05, 4.69) is 15.3 Å². The summed E-state index contributed by atoms with van der Waals surface area (Å²) in [6.45, 7) is 3.59. The summed E-state index contributed by atoms with van der Waals surface area (Å²) in [6, 6.07) is 16.7. The summed E-state index contributed by atoms with van der Waals surface area (Å²) in [5.74, 6) is -1.43. The maximum Gasteiger partial charge on any atom is 0.416 e. The molecule has 0 radical (unpaired) electrons. The van der Waals surface area contributed by atoms with Crippen LogP contribution >= 0.6 is 0 Å². The third kappa shape index (κ3) is 8.06. The molecule has 0 bridgehead atoms. The Morgan fingerprint density at radius 3 is 2.21 bits per heavy atom. The van der Waals surface area contributed by atoms with Crippen LogP contribution in [0, 0.1) is 0 Å². The third-order valence-corrected chi connectivity index (χ3v) is 6.16. The average Bonchev–Trinajstić information content (AvgIpc) is 2.99. The summed E-state index contributed by atoms with van der Waals surface area (Å²) >= 11 is 0. The van der Waals surface area contributed by atoms with Gasteiger partial charge in [-0.15, -0.1) is 0 Å². The number of fused-ring (bicyclic) bond motifs is 1. The summed E-state index contributed by atoms with van der Waals surface area (Å²) in [6.07, 6.45) is -4.63. The smallest absolute Gasteiger partial charge is 0.416 e. The van der Waals surface area contributed by atoms with Crippen LogP contribution in [0.5, 0.6) is 11.6 Å². The summed E-state index contributed by atoms with van der Waals surface area (Å²) < 4.78 is 55.8. The van der Waals surface area contributed by atoms with E-state index in [-0.39, 0.29) is 60.0 Å². The van der Waals surface area contributed by atoms with Crippen LogP contribution in [0.1, 0.15) is 42.6 Å². The Kier molecular flexibility index (Phi) is 9.91. The average molecular weight is 596 g/mol. The minimum absolute atomic E-state index is 0.00202. The molecule has 0 aliphatic rings. The highest BCUT2D eigenvalue weighted by molar-refractivity contribution is 5.97. The monoisotopic (exact) mass is 595 g/mol. The van der Waals surface area contributed by atoms with Gasteiger partial charge in [-0.05, 0) is 62.7 Å². The first-order valence-corrected chi connectivity index (χ1v) is 13.4. The highest BCUT2D eigenvalue weighted by atomic mass is 19.4. The number of carbonyl (C=O) groups is 3. The number of aromatic nitrogens is 2. The first kappa shape index (κ1) is 30.9. The molecule has 0 saturated heterocycles. The topological polar surface area (TPSA) is 117 Å². The fourth-order valence-corrected chi connectivity index (χ4v) is 4.08. The number of halogens is 3. The van der Waals surface area contributed by atoms with Gasteiger partial charge in [-0.1, -0.05) is 30.3 Å². The first-order valence-electron chi connectivity index (χ1n) is 13.4. The molecule has 1 heterocycles. The Labute approximate surface area is 245 Å². The summed E-state index contributed by atoms with van der Waals surface area (Å²) in [5, 5.41) is 2.59. The Balaban J connectivity index is 1.56. The SMILES string of the molecule is CCOC(=O)CCC(NC(=O)c1ccc(Oc2nc3ccc(C(F)(F)F)cc3nc2-c2ccccc2)cc1)C(=O)OCC. The molecular weight excluding hydrogens is 567 g/mol. The normalized spacial score (nSPS) is 11.9. The van der Waals surface area contributed by atoms with Crippen molar-refractivity contribution in [1.82, 2.24) is 15.3 Å². The van der Waals surface area contributed by atoms with Crippen molar-refractivity contribution in [2.45, 2.75) is 38.9 Å². The van der Waals surface area contributed by atoms with E-state index < -0.39 is 35.6 Å². The van der Waals surface area contributed by atoms with Crippen LogP contribution in [-0.4, -0.2) is 47.1 Å². The second-order valence-corrected chi connectivity index (χ2v) is 9.19. The Bertz CT molecular complexity index is 1590. The molecule has 0 fully saturated rings. The highest BCUT2D eigenvalue weighted by Gasteiger charge is 2.31. The van der Waals surface area contributed by atoms with E-state index in [4.69, 9.17) is 14.2 Å². The zero-order valence-electron chi connectivity index (χ0n) is 23.3. The minimum Gasteiger partial charge on any atom is -0.466 e. The molecule has 1 aromatic heterocycles. The minimum atomic E-state index is -4.54. The fourth-order valence-electron chi connectivity index (χ4n) is 4.08. The number of alkyl halides is 3. The van der Waals surface area contributed by atoms with Gasteiger partial charge in [-0.25, -0.2) is 14.8 Å². The fraction of sp³-hybridized carbons (Fsp3) is 0.258. The zero-order chi connectivity index (χ0) is 31.0. The number of benzene rings is 3. The lowest BCUT2D eigenvalue weighted by atomic mass is 10.1. The van der Waals surface area contributed by atoms with Crippen LogP contribution in [0.4, 0.5) is 13.2 Å². The van der Waals surface area contributed by atoms with E-state index in [1.807, 2.05) is 0 Å². The van der Waals surface area contributed by atoms with Gasteiger partial charge in [0.05, 0.1) is 29.8 Å². The van der Waals surface area contributed by atoms with Crippen molar-refractivity contribution in [1.29, 1.82) is 0 Å². The number of nitrogens with zero attached hydrogens (tertiary/aromatic N) is 2. The predicted octanol–water partition coefficient (Wildman–Crippen LogP) is 6.11. The second-order valence-electron chi connectivity index (χ2n) is 9.19. The van der Waals surface area contributed by atoms with Gasteiger partial charge in [0.15, 0.2) is 0 Å². The largest absolute Gasteiger partial charge is 0.466 e. The van der Waals surface area contributed by atoms with Crippen molar-refractivity contribution in [2.24, 2.45) is 0 Å². The molecule has 3 aromatic carbocycles. The van der Waals surface area contributed by atoms with Crippen molar-refractivity contribution in [2.75, 3.05) is 13.2 Å². The lowest BCUT2D eigenvalue weighted by Gasteiger charge is -2.17. The van der Waals surface area contributed by atoms with E-state index in [9.17, 15) is 27.6 Å². The van der Waals surface area contributed by atoms with Crippen LogP contribution < -0.4 is 10.1 Å². The number of rotatable bonds is 11. The maximum atomic E-state index is 13.3. The molecule has 1 unspecified atom stereocenters. The highest BCUT2D eigenvalue weighted by Crippen LogP contribution is 2.35. The third-order valence-electron chi connectivity index (χ3n) is 6.16. The molecule has 9 nitrogen and oxygen atoms in total. The van der Waals surface area contributed by atoms with Gasteiger partial charge in [0.2, 0.25) is 5.88 Å². The predicted molar refractivity (Wildman–Crippen MR) is 150 cm³/mol. The van der Waals surface area contributed by atoms with Crippen LogP contribution in [0.25, 0.3) is 22.3 Å². The molecule has 1 N–H and O–H groups in total. The molecule has 0 spiro atoms. The van der Waals surface area contributed by atoms with E-state index in [1.54, 1.807) is 44.2 Å². The van der Waals surface area contributed by atoms with Crippen LogP contribution in [0.15, 0.2) is 72.8 Å². The molecule has 224 valence electrons. The van der Waals surface area contributed by atoms with Crippen molar-refractivity contribution >= 4 is 28.9 Å². The van der Waals surface area contributed by atoms with Gasteiger partial charge in [-0.2, -0.15) is 13.2 Å². The lowest BCUT2D eigenvalue weighted by molar-refractivity contribution is -0.147. The molecule has 1 amide bonds. The van der Waals surface area contributed by atoms with E-state index in [0.717, 1.165) is 12.1 Å². The molecule has 0 saturated carbocycles. The van der Waals surface area contributed by atoms with Crippen molar-refractivity contribution in [3.8, 4) is 22.9 Å². The van der Waals surface area contributed by atoms with Gasteiger partial charge in [0.1, 0.15) is 17.5 Å². The second kappa shape index (κ2) is 13.8. The molecule has 4 aromatic rings. The molecule has 4 rings (SSSR count). The van der Waals surface area contributed by atoms with E-state index in [0.29, 0.717) is 5.56 Å². The standard InChI is InChI=1S/C31H28F3N3O6/c1-3-41-26(38)17-16-24(30(40)42-4-2)36-28(39)20-10-13-22(14-11-20)43-29-27(19-8-6-5-7-9-19)35-25-18-21(31(32,33)34)12-15-23(25)37-29/h5-15,18,24H,3-4,16-17H2,1-2H3,(H,36,39). The van der Waals surface area contributed by atoms with Gasteiger partial charge in [0.25, 0.3) is 5.91 Å². The number of esters is 2. The van der Waals surface area contributed by atoms with Gasteiger partial charge in [-0.3, -0.25) is 9.59 Å². The Hall–Kier alpha value is -5.00. The van der Waals surface area contributed by atoms with Gasteiger partial charge in [0, 0.05) is 17.5 Å². The van der Waals surface area contributed by atoms with Gasteiger partial charge >= 0.3 is 18.1 Å². The number of nitrogens with one attached hydrogen (secondary N) is 1. The summed E-state index contributed by atoms with van der Waals surface area (Å²) in [5.41, 5.74) is 0.409. The molecule has 12 heteroatoms. The molecule has 43 heavy (non-hydrogen) atoms. The quantitative estimate of drug-likeness (QED) is 0.207. The van der Waals surface area contributed by atoms with Crippen LogP contribution in [0.2, 0.25) is 0 Å². The number of carbonyl (C=O) groups excluding carboxylic acids is 3. The van der Waals surface area contributed by atoms with Crippen molar-refractivity contribution in [3.05, 3.63) is 83.9 Å². The van der Waals surface area contributed by atoms with E-state index in [1.165, 1.54) is 30.3 Å². The molecule has 1 atom stereocenters.